The average molecular weight is 333 g/mol. The number of rotatable bonds is 4. The van der Waals surface area contributed by atoms with Crippen LogP contribution in [0.5, 0.6) is 0 Å². The van der Waals surface area contributed by atoms with E-state index in [1.165, 1.54) is 0 Å². The lowest BCUT2D eigenvalue weighted by Crippen LogP contribution is -2.37. The second-order valence-electron chi connectivity index (χ2n) is 3.70. The number of hydrogen-bond acceptors (Lipinski definition) is 2. The second kappa shape index (κ2) is 6.20. The van der Waals surface area contributed by atoms with Crippen molar-refractivity contribution in [3.05, 3.63) is 32.9 Å². The summed E-state index contributed by atoms with van der Waals surface area (Å²) < 4.78 is 0.963. The Bertz CT molecular complexity index is 375. The van der Waals surface area contributed by atoms with Gasteiger partial charge < -0.3 is 10.4 Å². The number of hydrogen-bond donors (Lipinski definition) is 2. The van der Waals surface area contributed by atoms with Gasteiger partial charge in [0.15, 0.2) is 0 Å². The third kappa shape index (κ3) is 3.18. The summed E-state index contributed by atoms with van der Waals surface area (Å²) in [7, 11) is 0. The number of nitrogens with one attached hydrogen (secondary N) is 1. The highest BCUT2D eigenvalue weighted by molar-refractivity contribution is 14.1. The molecule has 0 saturated carbocycles. The molecule has 3 nitrogen and oxygen atoms in total. The number of halogens is 1. The molecule has 0 fully saturated rings. The topological polar surface area (TPSA) is 49.3 Å². The zero-order valence-electron chi connectivity index (χ0n) is 9.46. The summed E-state index contributed by atoms with van der Waals surface area (Å²) in [5.41, 5.74) is 1.76. The van der Waals surface area contributed by atoms with E-state index in [0.29, 0.717) is 5.56 Å². The minimum Gasteiger partial charge on any atom is -0.394 e. The molecule has 0 saturated heterocycles. The molecule has 0 aliphatic rings. The van der Waals surface area contributed by atoms with Crippen LogP contribution in [0.3, 0.4) is 0 Å². The molecular formula is C12H16INO2. The van der Waals surface area contributed by atoms with Gasteiger partial charge in [-0.3, -0.25) is 4.79 Å². The quantitative estimate of drug-likeness (QED) is 0.829. The van der Waals surface area contributed by atoms with E-state index in [-0.39, 0.29) is 18.6 Å². The van der Waals surface area contributed by atoms with Gasteiger partial charge in [-0.05, 0) is 47.6 Å². The van der Waals surface area contributed by atoms with Gasteiger partial charge in [-0.25, -0.2) is 0 Å². The van der Waals surface area contributed by atoms with Gasteiger partial charge in [0.25, 0.3) is 5.91 Å². The van der Waals surface area contributed by atoms with Crippen LogP contribution in [-0.4, -0.2) is 23.7 Å². The third-order valence-corrected chi connectivity index (χ3v) is 3.92. The smallest absolute Gasteiger partial charge is 0.252 e. The van der Waals surface area contributed by atoms with Crippen LogP contribution in [0.2, 0.25) is 0 Å². The zero-order chi connectivity index (χ0) is 12.1. The summed E-state index contributed by atoms with van der Waals surface area (Å²) in [5, 5.41) is 11.8. The first-order valence-electron chi connectivity index (χ1n) is 5.27. The highest BCUT2D eigenvalue weighted by atomic mass is 127. The fourth-order valence-corrected chi connectivity index (χ4v) is 1.97. The van der Waals surface area contributed by atoms with Gasteiger partial charge in [0.05, 0.1) is 18.2 Å². The molecular weight excluding hydrogens is 317 g/mol. The Morgan fingerprint density at radius 2 is 2.25 bits per heavy atom. The van der Waals surface area contributed by atoms with Crippen LogP contribution < -0.4 is 5.32 Å². The van der Waals surface area contributed by atoms with Crippen LogP contribution in [0.4, 0.5) is 0 Å². The summed E-state index contributed by atoms with van der Waals surface area (Å²) in [4.78, 5) is 11.9. The van der Waals surface area contributed by atoms with Gasteiger partial charge >= 0.3 is 0 Å². The molecule has 4 heteroatoms. The molecule has 1 amide bonds. The number of aliphatic hydroxyl groups is 1. The van der Waals surface area contributed by atoms with Crippen LogP contribution in [0.25, 0.3) is 0 Å². The van der Waals surface area contributed by atoms with Crippen LogP contribution in [0.15, 0.2) is 18.2 Å². The molecule has 0 aromatic heterocycles. The minimum atomic E-state index is -0.163. The van der Waals surface area contributed by atoms with Crippen molar-refractivity contribution in [2.75, 3.05) is 6.61 Å². The van der Waals surface area contributed by atoms with E-state index >= 15 is 0 Å². The molecule has 0 aliphatic carbocycles. The molecule has 0 radical (unpaired) electrons. The van der Waals surface area contributed by atoms with Crippen molar-refractivity contribution in [3.63, 3.8) is 0 Å². The lowest BCUT2D eigenvalue weighted by atomic mass is 10.1. The fraction of sp³-hybridized carbons (Fsp3) is 0.417. The summed E-state index contributed by atoms with van der Waals surface area (Å²) in [6.07, 6.45) is 0.727. The van der Waals surface area contributed by atoms with Crippen LogP contribution in [-0.2, 0) is 0 Å². The number of amides is 1. The van der Waals surface area contributed by atoms with Crippen molar-refractivity contribution >= 4 is 28.5 Å². The van der Waals surface area contributed by atoms with Crippen molar-refractivity contribution in [1.29, 1.82) is 0 Å². The van der Waals surface area contributed by atoms with E-state index in [1.54, 1.807) is 6.07 Å². The molecule has 88 valence electrons. The first-order chi connectivity index (χ1) is 7.60. The molecule has 1 aromatic carbocycles. The summed E-state index contributed by atoms with van der Waals surface area (Å²) in [6.45, 7) is 3.88. The van der Waals surface area contributed by atoms with E-state index in [4.69, 9.17) is 5.11 Å². The minimum absolute atomic E-state index is 0.0232. The van der Waals surface area contributed by atoms with Gasteiger partial charge in [0, 0.05) is 3.57 Å². The number of carbonyl (C=O) groups is 1. The lowest BCUT2D eigenvalue weighted by molar-refractivity contribution is 0.0914. The summed E-state index contributed by atoms with van der Waals surface area (Å²) in [5.74, 6) is -0.117. The molecule has 1 atom stereocenters. The average Bonchev–Trinajstić information content (AvgIpc) is 2.29. The van der Waals surface area contributed by atoms with Crippen LogP contribution in [0, 0.1) is 10.5 Å². The Morgan fingerprint density at radius 3 is 2.81 bits per heavy atom. The van der Waals surface area contributed by atoms with Crippen LogP contribution in [0.1, 0.15) is 29.3 Å². The Kier molecular flexibility index (Phi) is 5.21. The fourth-order valence-electron chi connectivity index (χ4n) is 1.36. The van der Waals surface area contributed by atoms with Gasteiger partial charge in [-0.2, -0.15) is 0 Å². The molecule has 0 spiro atoms. The van der Waals surface area contributed by atoms with Crippen molar-refractivity contribution in [1.82, 2.24) is 5.32 Å². The number of aryl methyl sites for hydroxylation is 1. The van der Waals surface area contributed by atoms with Gasteiger partial charge in [-0.15, -0.1) is 0 Å². The van der Waals surface area contributed by atoms with Crippen molar-refractivity contribution in [2.45, 2.75) is 26.3 Å². The normalized spacial score (nSPS) is 12.2. The standard InChI is InChI=1S/C12H16INO2/c1-3-9(7-15)14-12(16)10-6-4-5-8(2)11(10)13/h4-6,9,15H,3,7H2,1-2H3,(H,14,16)/t9-/m0/s1. The number of carbonyl (C=O) groups excluding carboxylic acids is 1. The van der Waals surface area contributed by atoms with Crippen molar-refractivity contribution in [3.8, 4) is 0 Å². The van der Waals surface area contributed by atoms with E-state index in [0.717, 1.165) is 15.6 Å². The second-order valence-corrected chi connectivity index (χ2v) is 4.78. The highest BCUT2D eigenvalue weighted by Crippen LogP contribution is 2.16. The number of aliphatic hydroxyl groups excluding tert-OH is 1. The Labute approximate surface area is 109 Å². The Balaban J connectivity index is 2.84. The molecule has 2 N–H and O–H groups in total. The first-order valence-corrected chi connectivity index (χ1v) is 6.34. The largest absolute Gasteiger partial charge is 0.394 e. The third-order valence-electron chi connectivity index (χ3n) is 2.48. The zero-order valence-corrected chi connectivity index (χ0v) is 11.6. The van der Waals surface area contributed by atoms with Gasteiger partial charge in [-0.1, -0.05) is 19.1 Å². The molecule has 1 rings (SSSR count). The van der Waals surface area contributed by atoms with Crippen molar-refractivity contribution in [2.24, 2.45) is 0 Å². The Hall–Kier alpha value is -0.620. The van der Waals surface area contributed by atoms with E-state index in [1.807, 2.05) is 26.0 Å². The maximum atomic E-state index is 11.9. The predicted octanol–water partition coefficient (Wildman–Crippen LogP) is 2.10. The van der Waals surface area contributed by atoms with E-state index in [2.05, 4.69) is 27.9 Å². The molecule has 1 aromatic rings. The maximum Gasteiger partial charge on any atom is 0.252 e. The van der Waals surface area contributed by atoms with Crippen molar-refractivity contribution < 1.29 is 9.90 Å². The van der Waals surface area contributed by atoms with Crippen LogP contribution >= 0.6 is 22.6 Å². The first kappa shape index (κ1) is 13.4. The SMILES string of the molecule is CC[C@@H](CO)NC(=O)c1cccc(C)c1I. The lowest BCUT2D eigenvalue weighted by Gasteiger charge is -2.15. The van der Waals surface area contributed by atoms with Gasteiger partial charge in [0.1, 0.15) is 0 Å². The molecule has 0 unspecified atom stereocenters. The maximum absolute atomic E-state index is 11.9. The summed E-state index contributed by atoms with van der Waals surface area (Å²) in [6, 6.07) is 5.48. The van der Waals surface area contributed by atoms with E-state index < -0.39 is 0 Å². The monoisotopic (exact) mass is 333 g/mol. The highest BCUT2D eigenvalue weighted by Gasteiger charge is 2.14. The Morgan fingerprint density at radius 1 is 1.56 bits per heavy atom. The number of benzene rings is 1. The molecule has 16 heavy (non-hydrogen) atoms. The predicted molar refractivity (Wildman–Crippen MR) is 72.5 cm³/mol. The molecule has 0 heterocycles. The summed E-state index contributed by atoms with van der Waals surface area (Å²) >= 11 is 2.17. The molecule has 0 bridgehead atoms. The van der Waals surface area contributed by atoms with Gasteiger partial charge in [0.2, 0.25) is 0 Å². The molecule has 0 aliphatic heterocycles. The van der Waals surface area contributed by atoms with E-state index in [9.17, 15) is 4.79 Å².